The summed E-state index contributed by atoms with van der Waals surface area (Å²) in [6.45, 7) is 0. The Kier molecular flexibility index (Phi) is 4.49. The number of amides is 3. The van der Waals surface area contributed by atoms with Crippen molar-refractivity contribution in [1.82, 2.24) is 15.3 Å². The van der Waals surface area contributed by atoms with Crippen LogP contribution in [0.5, 0.6) is 0 Å². The molecule has 6 nitrogen and oxygen atoms in total. The van der Waals surface area contributed by atoms with Crippen LogP contribution in [-0.4, -0.2) is 21.9 Å². The summed E-state index contributed by atoms with van der Waals surface area (Å²) in [7, 11) is 0. The van der Waals surface area contributed by atoms with Gasteiger partial charge in [0.25, 0.3) is 5.91 Å². The summed E-state index contributed by atoms with van der Waals surface area (Å²) in [5, 5.41) is 4.83. The fraction of sp³-hybridized carbons (Fsp3) is 0. The quantitative estimate of drug-likeness (QED) is 0.893. The zero-order valence-electron chi connectivity index (χ0n) is 9.93. The molecule has 0 spiro atoms. The molecule has 1 heterocycles. The van der Waals surface area contributed by atoms with Crippen LogP contribution in [-0.2, 0) is 0 Å². The van der Waals surface area contributed by atoms with Crippen molar-refractivity contribution < 1.29 is 9.59 Å². The minimum Gasteiger partial charge on any atom is -0.291 e. The van der Waals surface area contributed by atoms with Crippen LogP contribution in [0.25, 0.3) is 0 Å². The van der Waals surface area contributed by atoms with E-state index in [2.05, 4.69) is 20.6 Å². The van der Waals surface area contributed by atoms with Gasteiger partial charge in [-0.2, -0.15) is 0 Å². The molecule has 8 heteroatoms. The number of imide groups is 1. The molecule has 20 heavy (non-hydrogen) atoms. The van der Waals surface area contributed by atoms with E-state index in [1.807, 2.05) is 0 Å². The Morgan fingerprint density at radius 1 is 1.10 bits per heavy atom. The van der Waals surface area contributed by atoms with Gasteiger partial charge in [0.05, 0.1) is 23.0 Å². The Morgan fingerprint density at radius 3 is 2.55 bits per heavy atom. The van der Waals surface area contributed by atoms with Crippen LogP contribution in [0.4, 0.5) is 10.6 Å². The van der Waals surface area contributed by atoms with Gasteiger partial charge in [0, 0.05) is 0 Å². The number of aromatic nitrogens is 2. The maximum Gasteiger partial charge on any atom is 0.327 e. The van der Waals surface area contributed by atoms with Gasteiger partial charge in [-0.05, 0) is 12.1 Å². The second-order valence-corrected chi connectivity index (χ2v) is 4.41. The van der Waals surface area contributed by atoms with Gasteiger partial charge in [-0.1, -0.05) is 35.3 Å². The predicted octanol–water partition coefficient (Wildman–Crippen LogP) is 2.75. The molecule has 0 fully saturated rings. The third kappa shape index (κ3) is 3.66. The molecule has 0 atom stereocenters. The lowest BCUT2D eigenvalue weighted by atomic mass is 10.2. The molecule has 0 radical (unpaired) electrons. The summed E-state index contributed by atoms with van der Waals surface area (Å²) < 4.78 is 0. The fourth-order valence-corrected chi connectivity index (χ4v) is 1.73. The van der Waals surface area contributed by atoms with E-state index in [1.165, 1.54) is 18.5 Å². The first-order valence-corrected chi connectivity index (χ1v) is 6.16. The number of carbonyl (C=O) groups is 2. The number of carbonyl (C=O) groups excluding carboxylic acids is 2. The summed E-state index contributed by atoms with van der Waals surface area (Å²) in [6.07, 6.45) is 2.62. The van der Waals surface area contributed by atoms with Gasteiger partial charge in [0.15, 0.2) is 5.82 Å². The summed E-state index contributed by atoms with van der Waals surface area (Å²) in [5.74, 6) is -0.495. The number of nitrogens with zero attached hydrogens (tertiary/aromatic N) is 2. The zero-order valence-corrected chi connectivity index (χ0v) is 11.4. The molecule has 3 amide bonds. The molecule has 1 aromatic carbocycles. The van der Waals surface area contributed by atoms with Crippen molar-refractivity contribution in [3.8, 4) is 0 Å². The van der Waals surface area contributed by atoms with Gasteiger partial charge in [0.1, 0.15) is 5.15 Å². The fourth-order valence-electron chi connectivity index (χ4n) is 1.37. The molecular weight excluding hydrogens is 303 g/mol. The first-order chi connectivity index (χ1) is 9.56. The van der Waals surface area contributed by atoms with E-state index >= 15 is 0 Å². The van der Waals surface area contributed by atoms with Crippen LogP contribution in [0.2, 0.25) is 10.2 Å². The normalized spacial score (nSPS) is 9.90. The predicted molar refractivity (Wildman–Crippen MR) is 75.0 cm³/mol. The summed E-state index contributed by atoms with van der Waals surface area (Å²) >= 11 is 11.5. The Hall–Kier alpha value is -2.18. The summed E-state index contributed by atoms with van der Waals surface area (Å²) in [4.78, 5) is 31.0. The molecule has 2 N–H and O–H groups in total. The Morgan fingerprint density at radius 2 is 1.85 bits per heavy atom. The highest BCUT2D eigenvalue weighted by Crippen LogP contribution is 2.14. The highest BCUT2D eigenvalue weighted by molar-refractivity contribution is 6.34. The van der Waals surface area contributed by atoms with Crippen molar-refractivity contribution in [2.75, 3.05) is 5.32 Å². The molecule has 0 saturated carbocycles. The van der Waals surface area contributed by atoms with Gasteiger partial charge in [-0.15, -0.1) is 0 Å². The minimum absolute atomic E-state index is 0.125. The number of rotatable bonds is 2. The van der Waals surface area contributed by atoms with Crippen LogP contribution >= 0.6 is 23.2 Å². The highest BCUT2D eigenvalue weighted by atomic mass is 35.5. The molecule has 0 bridgehead atoms. The lowest BCUT2D eigenvalue weighted by Crippen LogP contribution is -2.34. The van der Waals surface area contributed by atoms with Gasteiger partial charge >= 0.3 is 6.03 Å². The van der Waals surface area contributed by atoms with E-state index < -0.39 is 11.9 Å². The third-order valence-electron chi connectivity index (χ3n) is 2.19. The molecule has 0 aliphatic carbocycles. The minimum atomic E-state index is -0.758. The first kappa shape index (κ1) is 14.2. The zero-order chi connectivity index (χ0) is 14.5. The number of benzene rings is 1. The second kappa shape index (κ2) is 6.31. The van der Waals surface area contributed by atoms with E-state index in [4.69, 9.17) is 23.2 Å². The topological polar surface area (TPSA) is 84.0 Å². The SMILES string of the molecule is O=C(NC(=O)c1ccccc1Cl)Nc1cncc(Cl)n1. The average Bonchev–Trinajstić information content (AvgIpc) is 2.38. The van der Waals surface area contributed by atoms with Crippen LogP contribution < -0.4 is 10.6 Å². The maximum absolute atomic E-state index is 11.8. The number of hydrogen-bond donors (Lipinski definition) is 2. The van der Waals surface area contributed by atoms with Crippen molar-refractivity contribution in [3.63, 3.8) is 0 Å². The lowest BCUT2D eigenvalue weighted by Gasteiger charge is -2.06. The summed E-state index contributed by atoms with van der Waals surface area (Å²) in [6, 6.07) is 5.62. The van der Waals surface area contributed by atoms with Crippen molar-refractivity contribution in [1.29, 1.82) is 0 Å². The molecule has 2 rings (SSSR count). The van der Waals surface area contributed by atoms with Crippen molar-refractivity contribution >= 4 is 41.0 Å². The molecule has 1 aromatic heterocycles. The number of halogens is 2. The first-order valence-electron chi connectivity index (χ1n) is 5.40. The van der Waals surface area contributed by atoms with Crippen molar-refractivity contribution in [2.24, 2.45) is 0 Å². The monoisotopic (exact) mass is 310 g/mol. The largest absolute Gasteiger partial charge is 0.327 e. The van der Waals surface area contributed by atoms with Crippen LogP contribution in [0.15, 0.2) is 36.7 Å². The van der Waals surface area contributed by atoms with E-state index in [1.54, 1.807) is 18.2 Å². The lowest BCUT2D eigenvalue weighted by molar-refractivity contribution is 0.0967. The molecule has 0 unspecified atom stereocenters. The molecule has 2 aromatic rings. The maximum atomic E-state index is 11.8. The van der Waals surface area contributed by atoms with Gasteiger partial charge in [-0.3, -0.25) is 20.4 Å². The van der Waals surface area contributed by atoms with Gasteiger partial charge in [0.2, 0.25) is 0 Å². The Bertz CT molecular complexity index is 663. The van der Waals surface area contributed by atoms with E-state index in [0.29, 0.717) is 0 Å². The number of anilines is 1. The van der Waals surface area contributed by atoms with Gasteiger partial charge in [-0.25, -0.2) is 9.78 Å². The molecule has 0 aliphatic heterocycles. The van der Waals surface area contributed by atoms with E-state index in [-0.39, 0.29) is 21.6 Å². The molecular formula is C12H8Cl2N4O2. The van der Waals surface area contributed by atoms with Crippen LogP contribution in [0.3, 0.4) is 0 Å². The summed E-state index contributed by atoms with van der Waals surface area (Å²) in [5.41, 5.74) is 0.196. The number of nitrogens with one attached hydrogen (secondary N) is 2. The van der Waals surface area contributed by atoms with E-state index in [0.717, 1.165) is 0 Å². The standard InChI is InChI=1S/C12H8Cl2N4O2/c13-8-4-2-1-3-7(8)11(19)18-12(20)17-10-6-15-5-9(14)16-10/h1-6H,(H2,16,17,18,19,20). The molecule has 0 aliphatic rings. The van der Waals surface area contributed by atoms with E-state index in [9.17, 15) is 9.59 Å². The molecule has 0 saturated heterocycles. The highest BCUT2D eigenvalue weighted by Gasteiger charge is 2.13. The average molecular weight is 311 g/mol. The second-order valence-electron chi connectivity index (χ2n) is 3.62. The Labute approximate surface area is 124 Å². The Balaban J connectivity index is 2.02. The van der Waals surface area contributed by atoms with Crippen LogP contribution in [0, 0.1) is 0 Å². The van der Waals surface area contributed by atoms with Crippen molar-refractivity contribution in [3.05, 3.63) is 52.4 Å². The smallest absolute Gasteiger partial charge is 0.291 e. The number of hydrogen-bond acceptors (Lipinski definition) is 4. The van der Waals surface area contributed by atoms with Crippen molar-refractivity contribution in [2.45, 2.75) is 0 Å². The van der Waals surface area contributed by atoms with Gasteiger partial charge < -0.3 is 0 Å². The molecule has 102 valence electrons. The van der Waals surface area contributed by atoms with Crippen LogP contribution in [0.1, 0.15) is 10.4 Å². The third-order valence-corrected chi connectivity index (χ3v) is 2.70. The number of urea groups is 1.